The molecule has 1 atom stereocenters. The first-order valence-corrected chi connectivity index (χ1v) is 10.2. The van der Waals surface area contributed by atoms with Gasteiger partial charge in [-0.2, -0.15) is 0 Å². The van der Waals surface area contributed by atoms with E-state index in [1.54, 1.807) is 19.1 Å². The standard InChI is InChI=1S/C19H22N2O5S/c1-13-3-7-17(8-4-13)27(25,26)20-10-9-15(12-20)18(22)21(16-5-6-16)11-14(2)19(23)24/h3-4,7-10,12,14,16H,5-6,11H2,1-2H3,(H,23,24). The molecule has 1 fully saturated rings. The number of aromatic nitrogens is 1. The van der Waals surface area contributed by atoms with Crippen LogP contribution in [0.25, 0.3) is 0 Å². The number of carbonyl (C=O) groups excluding carboxylic acids is 1. The van der Waals surface area contributed by atoms with Crippen molar-refractivity contribution in [1.29, 1.82) is 0 Å². The lowest BCUT2D eigenvalue weighted by molar-refractivity contribution is -0.141. The minimum atomic E-state index is -3.78. The maximum atomic E-state index is 12.8. The van der Waals surface area contributed by atoms with Crippen LogP contribution in [0, 0.1) is 12.8 Å². The Morgan fingerprint density at radius 3 is 2.41 bits per heavy atom. The van der Waals surface area contributed by atoms with Gasteiger partial charge >= 0.3 is 5.97 Å². The van der Waals surface area contributed by atoms with E-state index in [1.807, 2.05) is 6.92 Å². The highest BCUT2D eigenvalue weighted by Crippen LogP contribution is 2.29. The van der Waals surface area contributed by atoms with Crippen LogP contribution in [-0.4, -0.2) is 46.9 Å². The SMILES string of the molecule is Cc1ccc(S(=O)(=O)n2ccc(C(=O)N(CC(C)C(=O)O)C3CC3)c2)cc1. The quantitative estimate of drug-likeness (QED) is 0.783. The summed E-state index contributed by atoms with van der Waals surface area (Å²) in [7, 11) is -3.78. The van der Waals surface area contributed by atoms with Gasteiger partial charge < -0.3 is 10.0 Å². The molecule has 1 heterocycles. The van der Waals surface area contributed by atoms with Gasteiger partial charge in [0.1, 0.15) is 0 Å². The van der Waals surface area contributed by atoms with E-state index in [0.717, 1.165) is 22.4 Å². The number of carboxylic acids is 1. The summed E-state index contributed by atoms with van der Waals surface area (Å²) in [5.41, 5.74) is 1.18. The molecule has 1 aromatic heterocycles. The third kappa shape index (κ3) is 4.05. The van der Waals surface area contributed by atoms with Gasteiger partial charge in [0.05, 0.1) is 16.4 Å². The molecule has 27 heavy (non-hydrogen) atoms. The predicted molar refractivity (Wildman–Crippen MR) is 99.1 cm³/mol. The fourth-order valence-electron chi connectivity index (χ4n) is 2.81. The molecular formula is C19H22N2O5S. The maximum absolute atomic E-state index is 12.8. The lowest BCUT2D eigenvalue weighted by Gasteiger charge is -2.24. The summed E-state index contributed by atoms with van der Waals surface area (Å²) in [5.74, 6) is -2.00. The minimum Gasteiger partial charge on any atom is -0.481 e. The topological polar surface area (TPSA) is 96.7 Å². The van der Waals surface area contributed by atoms with Gasteiger partial charge in [-0.05, 0) is 38.0 Å². The Labute approximate surface area is 158 Å². The summed E-state index contributed by atoms with van der Waals surface area (Å²) in [6.07, 6.45) is 4.30. The fraction of sp³-hybridized carbons (Fsp3) is 0.368. The van der Waals surface area contributed by atoms with E-state index < -0.39 is 21.9 Å². The second-order valence-corrected chi connectivity index (χ2v) is 8.82. The maximum Gasteiger partial charge on any atom is 0.308 e. The van der Waals surface area contributed by atoms with E-state index in [9.17, 15) is 18.0 Å². The molecule has 2 aromatic rings. The normalized spacial score (nSPS) is 15.3. The van der Waals surface area contributed by atoms with Crippen molar-refractivity contribution in [1.82, 2.24) is 8.87 Å². The zero-order chi connectivity index (χ0) is 19.8. The van der Waals surface area contributed by atoms with E-state index in [-0.39, 0.29) is 29.0 Å². The van der Waals surface area contributed by atoms with Crippen molar-refractivity contribution in [2.24, 2.45) is 5.92 Å². The summed E-state index contributed by atoms with van der Waals surface area (Å²) in [6, 6.07) is 7.95. The second kappa shape index (κ2) is 7.19. The number of rotatable bonds is 7. The molecule has 1 N–H and O–H groups in total. The van der Waals surface area contributed by atoms with E-state index in [4.69, 9.17) is 5.11 Å². The van der Waals surface area contributed by atoms with Crippen LogP contribution in [0.5, 0.6) is 0 Å². The summed E-state index contributed by atoms with van der Waals surface area (Å²) >= 11 is 0. The van der Waals surface area contributed by atoms with E-state index >= 15 is 0 Å². The van der Waals surface area contributed by atoms with Gasteiger partial charge in [-0.15, -0.1) is 0 Å². The predicted octanol–water partition coefficient (Wildman–Crippen LogP) is 2.36. The van der Waals surface area contributed by atoms with Crippen molar-refractivity contribution in [2.75, 3.05) is 6.54 Å². The molecule has 8 heteroatoms. The molecule has 1 aromatic carbocycles. The number of aryl methyl sites for hydroxylation is 1. The lowest BCUT2D eigenvalue weighted by Crippen LogP contribution is -2.38. The summed E-state index contributed by atoms with van der Waals surface area (Å²) < 4.78 is 26.5. The number of hydrogen-bond donors (Lipinski definition) is 1. The largest absolute Gasteiger partial charge is 0.481 e. The van der Waals surface area contributed by atoms with Crippen LogP contribution in [0.3, 0.4) is 0 Å². The fourth-order valence-corrected chi connectivity index (χ4v) is 4.00. The Balaban J connectivity index is 1.84. The van der Waals surface area contributed by atoms with Crippen molar-refractivity contribution >= 4 is 21.9 Å². The highest BCUT2D eigenvalue weighted by atomic mass is 32.2. The van der Waals surface area contributed by atoms with Crippen molar-refractivity contribution in [2.45, 2.75) is 37.6 Å². The van der Waals surface area contributed by atoms with Crippen molar-refractivity contribution in [3.8, 4) is 0 Å². The van der Waals surface area contributed by atoms with Crippen LogP contribution < -0.4 is 0 Å². The van der Waals surface area contributed by atoms with Gasteiger partial charge in [0.15, 0.2) is 0 Å². The molecule has 144 valence electrons. The smallest absolute Gasteiger partial charge is 0.308 e. The Hall–Kier alpha value is -2.61. The summed E-state index contributed by atoms with van der Waals surface area (Å²) in [4.78, 5) is 25.6. The van der Waals surface area contributed by atoms with Gasteiger partial charge in [-0.1, -0.05) is 24.6 Å². The van der Waals surface area contributed by atoms with Gasteiger partial charge in [0.25, 0.3) is 15.9 Å². The van der Waals surface area contributed by atoms with Gasteiger partial charge in [-0.25, -0.2) is 12.4 Å². The van der Waals surface area contributed by atoms with Crippen molar-refractivity contribution in [3.63, 3.8) is 0 Å². The minimum absolute atomic E-state index is 0.0244. The van der Waals surface area contributed by atoms with Crippen LogP contribution in [-0.2, 0) is 14.8 Å². The molecule has 3 rings (SSSR count). The average molecular weight is 390 g/mol. The molecule has 0 aliphatic heterocycles. The van der Waals surface area contributed by atoms with E-state index in [1.165, 1.54) is 35.5 Å². The first-order chi connectivity index (χ1) is 12.7. The number of carbonyl (C=O) groups is 2. The average Bonchev–Trinajstić information content (AvgIpc) is 3.33. The highest BCUT2D eigenvalue weighted by Gasteiger charge is 2.35. The zero-order valence-corrected chi connectivity index (χ0v) is 16.0. The van der Waals surface area contributed by atoms with Gasteiger partial charge in [-0.3, -0.25) is 9.59 Å². The third-order valence-corrected chi connectivity index (χ3v) is 6.30. The highest BCUT2D eigenvalue weighted by molar-refractivity contribution is 7.90. The molecule has 1 saturated carbocycles. The van der Waals surface area contributed by atoms with Gasteiger partial charge in [0.2, 0.25) is 0 Å². The molecule has 0 saturated heterocycles. The van der Waals surface area contributed by atoms with Crippen LogP contribution in [0.4, 0.5) is 0 Å². The molecule has 0 radical (unpaired) electrons. The second-order valence-electron chi connectivity index (χ2n) is 6.98. The first kappa shape index (κ1) is 19.2. The van der Waals surface area contributed by atoms with Crippen LogP contribution in [0.15, 0.2) is 47.6 Å². The molecule has 7 nitrogen and oxygen atoms in total. The summed E-state index contributed by atoms with van der Waals surface area (Å²) in [5, 5.41) is 9.12. The van der Waals surface area contributed by atoms with Crippen LogP contribution >= 0.6 is 0 Å². The molecule has 0 spiro atoms. The van der Waals surface area contributed by atoms with Crippen LogP contribution in [0.1, 0.15) is 35.7 Å². The van der Waals surface area contributed by atoms with Crippen molar-refractivity contribution in [3.05, 3.63) is 53.9 Å². The lowest BCUT2D eigenvalue weighted by atomic mass is 10.1. The van der Waals surface area contributed by atoms with Gasteiger partial charge in [0, 0.05) is 25.0 Å². The number of hydrogen-bond acceptors (Lipinski definition) is 4. The molecular weight excluding hydrogens is 368 g/mol. The number of amides is 1. The number of aliphatic carboxylic acids is 1. The van der Waals surface area contributed by atoms with E-state index in [0.29, 0.717) is 0 Å². The number of carboxylic acid groups (broad SMARTS) is 1. The van der Waals surface area contributed by atoms with Crippen molar-refractivity contribution < 1.29 is 23.1 Å². The third-order valence-electron chi connectivity index (χ3n) is 4.65. The number of nitrogens with zero attached hydrogens (tertiary/aromatic N) is 2. The zero-order valence-electron chi connectivity index (χ0n) is 15.2. The Morgan fingerprint density at radius 1 is 1.22 bits per heavy atom. The van der Waals surface area contributed by atoms with E-state index in [2.05, 4.69) is 0 Å². The Bertz CT molecular complexity index is 958. The Morgan fingerprint density at radius 2 is 1.85 bits per heavy atom. The molecule has 1 aliphatic rings. The summed E-state index contributed by atoms with van der Waals surface area (Å²) in [6.45, 7) is 3.53. The first-order valence-electron chi connectivity index (χ1n) is 8.74. The number of benzene rings is 1. The molecule has 1 unspecified atom stereocenters. The molecule has 1 amide bonds. The molecule has 1 aliphatic carbocycles. The Kier molecular flexibility index (Phi) is 5.10. The molecule has 0 bridgehead atoms. The monoisotopic (exact) mass is 390 g/mol. The van der Waals surface area contributed by atoms with Crippen LogP contribution in [0.2, 0.25) is 0 Å².